The number of carbonyl (C=O) groups is 1. The maximum absolute atomic E-state index is 11.7. The Hall–Kier alpha value is -0.380. The van der Waals surface area contributed by atoms with E-state index in [0.29, 0.717) is 22.2 Å². The molecule has 5 heteroatoms. The number of hydrogen-bond donors (Lipinski definition) is 0. The number of hydrogen-bond acceptors (Lipinski definition) is 3. The van der Waals surface area contributed by atoms with E-state index in [4.69, 9.17) is 27.9 Å². The molecule has 1 aromatic carbocycles. The highest BCUT2D eigenvalue weighted by molar-refractivity contribution is 8.13. The van der Waals surface area contributed by atoms with E-state index in [9.17, 15) is 4.79 Å². The summed E-state index contributed by atoms with van der Waals surface area (Å²) in [5.41, 5.74) is 0. The minimum atomic E-state index is -0.450. The van der Waals surface area contributed by atoms with Crippen LogP contribution in [0.2, 0.25) is 10.0 Å². The molecule has 0 fully saturated rings. The summed E-state index contributed by atoms with van der Waals surface area (Å²) in [4.78, 5) is 11.7. The van der Waals surface area contributed by atoms with Crippen molar-refractivity contribution in [2.75, 3.05) is 5.75 Å². The van der Waals surface area contributed by atoms with Crippen LogP contribution in [0.1, 0.15) is 20.3 Å². The summed E-state index contributed by atoms with van der Waals surface area (Å²) in [5.74, 6) is 1.27. The predicted octanol–water partition coefficient (Wildman–Crippen LogP) is 4.43. The van der Waals surface area contributed by atoms with Gasteiger partial charge in [-0.25, -0.2) is 0 Å². The van der Waals surface area contributed by atoms with Gasteiger partial charge in [0.05, 0.1) is 0 Å². The van der Waals surface area contributed by atoms with Crippen LogP contribution < -0.4 is 4.74 Å². The van der Waals surface area contributed by atoms with Gasteiger partial charge in [0.15, 0.2) is 6.10 Å². The summed E-state index contributed by atoms with van der Waals surface area (Å²) in [6.07, 6.45) is 0.171. The molecule has 0 amide bonds. The second-order valence-electron chi connectivity index (χ2n) is 3.37. The summed E-state index contributed by atoms with van der Waals surface area (Å²) in [6.45, 7) is 3.84. The summed E-state index contributed by atoms with van der Waals surface area (Å²) >= 11 is 13.0. The van der Waals surface area contributed by atoms with Gasteiger partial charge in [-0.1, -0.05) is 48.8 Å². The lowest BCUT2D eigenvalue weighted by atomic mass is 10.3. The average molecular weight is 293 g/mol. The summed E-state index contributed by atoms with van der Waals surface area (Å²) in [7, 11) is 0. The Morgan fingerprint density at radius 1 is 1.29 bits per heavy atom. The van der Waals surface area contributed by atoms with Gasteiger partial charge in [0.2, 0.25) is 5.12 Å². The summed E-state index contributed by atoms with van der Waals surface area (Å²) < 4.78 is 5.60. The lowest BCUT2D eigenvalue weighted by Gasteiger charge is -2.16. The van der Waals surface area contributed by atoms with Crippen molar-refractivity contribution in [3.05, 3.63) is 28.2 Å². The first-order valence-electron chi connectivity index (χ1n) is 5.36. The van der Waals surface area contributed by atoms with E-state index in [1.165, 1.54) is 11.8 Å². The van der Waals surface area contributed by atoms with Crippen molar-refractivity contribution in [1.29, 1.82) is 0 Å². The minimum absolute atomic E-state index is 0.0334. The van der Waals surface area contributed by atoms with Crippen LogP contribution in [-0.4, -0.2) is 17.0 Å². The topological polar surface area (TPSA) is 26.3 Å². The van der Waals surface area contributed by atoms with Gasteiger partial charge >= 0.3 is 0 Å². The van der Waals surface area contributed by atoms with Crippen molar-refractivity contribution >= 4 is 40.1 Å². The third-order valence-electron chi connectivity index (χ3n) is 2.03. The molecule has 0 saturated heterocycles. The highest BCUT2D eigenvalue weighted by Crippen LogP contribution is 2.26. The van der Waals surface area contributed by atoms with E-state index in [0.717, 1.165) is 5.75 Å². The standard InChI is InChI=1S/C12H14Cl2O2S/c1-3-11(12(15)17-4-2)16-10-6-8(13)5-9(14)7-10/h5-7,11H,3-4H2,1-2H3. The molecule has 0 aromatic heterocycles. The van der Waals surface area contributed by atoms with Crippen LogP contribution in [0.5, 0.6) is 5.75 Å². The van der Waals surface area contributed by atoms with Gasteiger partial charge < -0.3 is 4.74 Å². The van der Waals surface area contributed by atoms with Gasteiger partial charge in [-0.3, -0.25) is 4.79 Å². The molecular weight excluding hydrogens is 279 g/mol. The van der Waals surface area contributed by atoms with E-state index in [1.807, 2.05) is 13.8 Å². The molecule has 0 N–H and O–H groups in total. The Balaban J connectivity index is 2.76. The van der Waals surface area contributed by atoms with Crippen molar-refractivity contribution in [2.45, 2.75) is 26.4 Å². The fourth-order valence-electron chi connectivity index (χ4n) is 1.29. The van der Waals surface area contributed by atoms with E-state index in [-0.39, 0.29) is 5.12 Å². The number of thioether (sulfide) groups is 1. The zero-order valence-electron chi connectivity index (χ0n) is 9.70. The molecule has 94 valence electrons. The Labute approximate surface area is 116 Å². The lowest BCUT2D eigenvalue weighted by molar-refractivity contribution is -0.117. The molecule has 0 saturated carbocycles. The number of halogens is 2. The molecule has 0 heterocycles. The molecule has 0 bridgehead atoms. The lowest BCUT2D eigenvalue weighted by Crippen LogP contribution is -2.24. The molecular formula is C12H14Cl2O2S. The van der Waals surface area contributed by atoms with Crippen LogP contribution in [0.25, 0.3) is 0 Å². The van der Waals surface area contributed by atoms with Gasteiger partial charge in [0.1, 0.15) is 5.75 Å². The third kappa shape index (κ3) is 4.78. The first kappa shape index (κ1) is 14.7. The molecule has 0 aliphatic carbocycles. The maximum atomic E-state index is 11.7. The first-order chi connectivity index (χ1) is 8.06. The fraction of sp³-hybridized carbons (Fsp3) is 0.417. The highest BCUT2D eigenvalue weighted by atomic mass is 35.5. The van der Waals surface area contributed by atoms with Crippen molar-refractivity contribution in [3.8, 4) is 5.75 Å². The minimum Gasteiger partial charge on any atom is -0.482 e. The number of carbonyl (C=O) groups excluding carboxylic acids is 1. The van der Waals surface area contributed by atoms with Gasteiger partial charge in [-0.05, 0) is 30.4 Å². The molecule has 0 aliphatic heterocycles. The van der Waals surface area contributed by atoms with Crippen molar-refractivity contribution in [2.24, 2.45) is 0 Å². The highest BCUT2D eigenvalue weighted by Gasteiger charge is 2.18. The van der Waals surface area contributed by atoms with Crippen LogP contribution in [-0.2, 0) is 4.79 Å². The largest absolute Gasteiger partial charge is 0.482 e. The normalized spacial score (nSPS) is 12.2. The number of rotatable bonds is 5. The SMILES string of the molecule is CCSC(=O)C(CC)Oc1cc(Cl)cc(Cl)c1. The second-order valence-corrected chi connectivity index (χ2v) is 5.51. The van der Waals surface area contributed by atoms with E-state index in [1.54, 1.807) is 18.2 Å². The molecule has 1 aromatic rings. The number of ether oxygens (including phenoxy) is 1. The Kier molecular flexibility index (Phi) is 6.17. The predicted molar refractivity (Wildman–Crippen MR) is 74.3 cm³/mol. The van der Waals surface area contributed by atoms with Crippen LogP contribution in [0.4, 0.5) is 0 Å². The molecule has 1 rings (SSSR count). The Morgan fingerprint density at radius 3 is 2.35 bits per heavy atom. The quantitative estimate of drug-likeness (QED) is 0.803. The summed E-state index contributed by atoms with van der Waals surface area (Å²) in [6, 6.07) is 4.93. The van der Waals surface area contributed by atoms with Crippen molar-refractivity contribution in [1.82, 2.24) is 0 Å². The fourth-order valence-corrected chi connectivity index (χ4v) is 2.49. The van der Waals surface area contributed by atoms with E-state index in [2.05, 4.69) is 0 Å². The molecule has 17 heavy (non-hydrogen) atoms. The molecule has 0 aliphatic rings. The molecule has 1 unspecified atom stereocenters. The Bertz CT molecular complexity index is 376. The number of benzene rings is 1. The van der Waals surface area contributed by atoms with Crippen LogP contribution >= 0.6 is 35.0 Å². The molecule has 1 atom stereocenters. The molecule has 0 spiro atoms. The van der Waals surface area contributed by atoms with Gasteiger partial charge in [0, 0.05) is 10.0 Å². The average Bonchev–Trinajstić information content (AvgIpc) is 2.24. The molecule has 2 nitrogen and oxygen atoms in total. The van der Waals surface area contributed by atoms with Crippen molar-refractivity contribution < 1.29 is 9.53 Å². The van der Waals surface area contributed by atoms with E-state index < -0.39 is 6.10 Å². The van der Waals surface area contributed by atoms with Gasteiger partial charge in [-0.2, -0.15) is 0 Å². The van der Waals surface area contributed by atoms with Crippen molar-refractivity contribution in [3.63, 3.8) is 0 Å². The maximum Gasteiger partial charge on any atom is 0.229 e. The first-order valence-corrected chi connectivity index (χ1v) is 7.10. The van der Waals surface area contributed by atoms with Crippen LogP contribution in [0, 0.1) is 0 Å². The monoisotopic (exact) mass is 292 g/mol. The molecule has 0 radical (unpaired) electrons. The smallest absolute Gasteiger partial charge is 0.229 e. The van der Waals surface area contributed by atoms with Crippen LogP contribution in [0.3, 0.4) is 0 Å². The third-order valence-corrected chi connectivity index (χ3v) is 3.31. The zero-order chi connectivity index (χ0) is 12.8. The van der Waals surface area contributed by atoms with Gasteiger partial charge in [0.25, 0.3) is 0 Å². The zero-order valence-corrected chi connectivity index (χ0v) is 12.0. The summed E-state index contributed by atoms with van der Waals surface area (Å²) in [5, 5.41) is 1.03. The second kappa shape index (κ2) is 7.14. The van der Waals surface area contributed by atoms with Gasteiger partial charge in [-0.15, -0.1) is 0 Å². The Morgan fingerprint density at radius 2 is 1.88 bits per heavy atom. The van der Waals surface area contributed by atoms with E-state index >= 15 is 0 Å². The van der Waals surface area contributed by atoms with Crippen LogP contribution in [0.15, 0.2) is 18.2 Å².